The molecule has 2 aromatic carbocycles. The maximum Gasteiger partial charge on any atom is 0.266 e. The molecule has 5 heteroatoms. The van der Waals surface area contributed by atoms with Crippen LogP contribution in [0, 0.1) is 5.92 Å². The summed E-state index contributed by atoms with van der Waals surface area (Å²) in [5.41, 5.74) is 0.824. The lowest BCUT2D eigenvalue weighted by Crippen LogP contribution is -2.48. The van der Waals surface area contributed by atoms with Crippen LogP contribution in [0.2, 0.25) is 0 Å². The van der Waals surface area contributed by atoms with Gasteiger partial charge < -0.3 is 15.0 Å². The van der Waals surface area contributed by atoms with Crippen molar-refractivity contribution < 1.29 is 14.3 Å². The summed E-state index contributed by atoms with van der Waals surface area (Å²) in [6.07, 6.45) is 2.94. The molecule has 2 aromatic rings. The van der Waals surface area contributed by atoms with Gasteiger partial charge in [0.15, 0.2) is 0 Å². The number of carbonyl (C=O) groups excluding carboxylic acids is 2. The van der Waals surface area contributed by atoms with Gasteiger partial charge in [0.05, 0.1) is 0 Å². The first-order valence-corrected chi connectivity index (χ1v) is 10.1. The Kier molecular flexibility index (Phi) is 5.60. The molecule has 1 N–H and O–H groups in total. The molecule has 0 radical (unpaired) electrons. The van der Waals surface area contributed by atoms with Crippen LogP contribution in [0.1, 0.15) is 37.4 Å². The second kappa shape index (κ2) is 8.46. The van der Waals surface area contributed by atoms with Crippen LogP contribution in [-0.2, 0) is 9.59 Å². The highest BCUT2D eigenvalue weighted by Gasteiger charge is 2.35. The predicted octanol–water partition coefficient (Wildman–Crippen LogP) is 3.32. The minimum Gasteiger partial charge on any atom is -0.476 e. The van der Waals surface area contributed by atoms with Gasteiger partial charge in [-0.2, -0.15) is 0 Å². The summed E-state index contributed by atoms with van der Waals surface area (Å²) in [5.74, 6) is 1.07. The van der Waals surface area contributed by atoms with Crippen molar-refractivity contribution in [2.24, 2.45) is 5.92 Å². The van der Waals surface area contributed by atoms with E-state index >= 15 is 0 Å². The summed E-state index contributed by atoms with van der Waals surface area (Å²) in [6, 6.07) is 19.0. The molecule has 1 unspecified atom stereocenters. The molecule has 0 aromatic heterocycles. The smallest absolute Gasteiger partial charge is 0.266 e. The van der Waals surface area contributed by atoms with Crippen molar-refractivity contribution in [1.29, 1.82) is 0 Å². The fraction of sp³-hybridized carbons (Fsp3) is 0.391. The second-order valence-electron chi connectivity index (χ2n) is 7.60. The molecule has 2 fully saturated rings. The van der Waals surface area contributed by atoms with Gasteiger partial charge in [0.2, 0.25) is 12.0 Å². The molecule has 5 nitrogen and oxygen atoms in total. The molecule has 2 amide bonds. The molecule has 1 atom stereocenters. The van der Waals surface area contributed by atoms with Crippen molar-refractivity contribution in [1.82, 2.24) is 10.2 Å². The van der Waals surface area contributed by atoms with Crippen molar-refractivity contribution in [3.8, 4) is 5.75 Å². The third-order valence-corrected chi connectivity index (χ3v) is 5.42. The van der Waals surface area contributed by atoms with E-state index in [1.807, 2.05) is 65.6 Å². The van der Waals surface area contributed by atoms with Gasteiger partial charge in [0.25, 0.3) is 5.91 Å². The van der Waals surface area contributed by atoms with Crippen LogP contribution in [0.15, 0.2) is 60.7 Å². The summed E-state index contributed by atoms with van der Waals surface area (Å²) < 4.78 is 6.03. The van der Waals surface area contributed by atoms with Crippen LogP contribution in [-0.4, -0.2) is 35.8 Å². The van der Waals surface area contributed by atoms with E-state index in [2.05, 4.69) is 5.32 Å². The second-order valence-corrected chi connectivity index (χ2v) is 7.60. The minimum absolute atomic E-state index is 0.0707. The quantitative estimate of drug-likeness (QED) is 0.839. The van der Waals surface area contributed by atoms with Gasteiger partial charge in [0, 0.05) is 30.6 Å². The Morgan fingerprint density at radius 1 is 0.893 bits per heavy atom. The van der Waals surface area contributed by atoms with Crippen LogP contribution in [0.5, 0.6) is 5.75 Å². The zero-order valence-electron chi connectivity index (χ0n) is 15.9. The molecule has 2 aliphatic rings. The van der Waals surface area contributed by atoms with Crippen molar-refractivity contribution in [2.45, 2.75) is 37.8 Å². The van der Waals surface area contributed by atoms with E-state index in [4.69, 9.17) is 4.74 Å². The third kappa shape index (κ3) is 4.53. The maximum absolute atomic E-state index is 13.0. The van der Waals surface area contributed by atoms with Gasteiger partial charge in [-0.15, -0.1) is 0 Å². The molecule has 1 aliphatic carbocycles. The number of likely N-dealkylation sites (tertiary alicyclic amines) is 1. The molecule has 1 saturated heterocycles. The van der Waals surface area contributed by atoms with Crippen molar-refractivity contribution in [3.63, 3.8) is 0 Å². The molecule has 0 bridgehead atoms. The van der Waals surface area contributed by atoms with Gasteiger partial charge in [-0.3, -0.25) is 9.59 Å². The molecule has 28 heavy (non-hydrogen) atoms. The zero-order valence-corrected chi connectivity index (χ0v) is 15.9. The molecule has 1 aliphatic heterocycles. The van der Waals surface area contributed by atoms with E-state index in [0.29, 0.717) is 11.7 Å². The average Bonchev–Trinajstić information content (AvgIpc) is 3.59. The average molecular weight is 378 g/mol. The number of amides is 2. The van der Waals surface area contributed by atoms with E-state index in [0.717, 1.165) is 44.3 Å². The molecule has 1 saturated carbocycles. The first-order valence-electron chi connectivity index (χ1n) is 10.1. The summed E-state index contributed by atoms with van der Waals surface area (Å²) in [5, 5.41) is 3.14. The number of piperidine rings is 1. The molecule has 4 rings (SSSR count). The molecule has 1 heterocycles. The Labute approximate surface area is 165 Å². The minimum atomic E-state index is -0.699. The molecule has 0 spiro atoms. The summed E-state index contributed by atoms with van der Waals surface area (Å²) in [7, 11) is 0. The van der Waals surface area contributed by atoms with E-state index in [9.17, 15) is 9.59 Å². The lowest BCUT2D eigenvalue weighted by Gasteiger charge is -2.33. The molecular formula is C23H26N2O3. The van der Waals surface area contributed by atoms with Gasteiger partial charge in [-0.1, -0.05) is 48.5 Å². The first-order chi connectivity index (χ1) is 13.7. The highest BCUT2D eigenvalue weighted by atomic mass is 16.5. The van der Waals surface area contributed by atoms with Gasteiger partial charge in [0.1, 0.15) is 5.75 Å². The van der Waals surface area contributed by atoms with Crippen molar-refractivity contribution in [3.05, 3.63) is 66.2 Å². The lowest BCUT2D eigenvalue weighted by molar-refractivity contribution is -0.134. The SMILES string of the molecule is O=C(NC1CCN(C(=O)C2CC2)CC1)C(Oc1ccccc1)c1ccccc1. The highest BCUT2D eigenvalue weighted by molar-refractivity contribution is 5.83. The van der Waals surface area contributed by atoms with Crippen molar-refractivity contribution >= 4 is 11.8 Å². The number of nitrogens with one attached hydrogen (secondary N) is 1. The highest BCUT2D eigenvalue weighted by Crippen LogP contribution is 2.32. The maximum atomic E-state index is 13.0. The number of hydrogen-bond acceptors (Lipinski definition) is 3. The number of nitrogens with zero attached hydrogens (tertiary/aromatic N) is 1. The van der Waals surface area contributed by atoms with Gasteiger partial charge in [-0.25, -0.2) is 0 Å². The number of ether oxygens (including phenoxy) is 1. The van der Waals surface area contributed by atoms with Crippen molar-refractivity contribution in [2.75, 3.05) is 13.1 Å². The zero-order chi connectivity index (χ0) is 19.3. The van der Waals surface area contributed by atoms with Gasteiger partial charge in [-0.05, 0) is 37.8 Å². The van der Waals surface area contributed by atoms with Crippen LogP contribution in [0.25, 0.3) is 0 Å². The Hall–Kier alpha value is -2.82. The Morgan fingerprint density at radius 2 is 1.50 bits per heavy atom. The van der Waals surface area contributed by atoms with E-state index in [-0.39, 0.29) is 17.9 Å². The van der Waals surface area contributed by atoms with Crippen LogP contribution in [0.4, 0.5) is 0 Å². The largest absolute Gasteiger partial charge is 0.476 e. The van der Waals surface area contributed by atoms with Crippen LogP contribution >= 0.6 is 0 Å². The fourth-order valence-corrected chi connectivity index (χ4v) is 3.65. The summed E-state index contributed by atoms with van der Waals surface area (Å²) in [4.78, 5) is 27.2. The predicted molar refractivity (Wildman–Crippen MR) is 107 cm³/mol. The number of benzene rings is 2. The van der Waals surface area contributed by atoms with E-state index in [1.165, 1.54) is 0 Å². The normalized spacial score (nSPS) is 18.4. The Balaban J connectivity index is 1.39. The number of rotatable bonds is 6. The molecule has 146 valence electrons. The Morgan fingerprint density at radius 3 is 2.11 bits per heavy atom. The number of carbonyl (C=O) groups is 2. The monoisotopic (exact) mass is 378 g/mol. The Bertz CT molecular complexity index is 797. The van der Waals surface area contributed by atoms with E-state index in [1.54, 1.807) is 0 Å². The fourth-order valence-electron chi connectivity index (χ4n) is 3.65. The number of hydrogen-bond donors (Lipinski definition) is 1. The first kappa shape index (κ1) is 18.5. The third-order valence-electron chi connectivity index (χ3n) is 5.42. The standard InChI is InChI=1S/C23H26N2O3/c26-22(24-19-13-15-25(16-14-19)23(27)18-11-12-18)21(17-7-3-1-4-8-17)28-20-9-5-2-6-10-20/h1-10,18-19,21H,11-16H2,(H,24,26). The summed E-state index contributed by atoms with van der Waals surface area (Å²) in [6.45, 7) is 1.44. The summed E-state index contributed by atoms with van der Waals surface area (Å²) >= 11 is 0. The lowest BCUT2D eigenvalue weighted by atomic mass is 10.0. The van der Waals surface area contributed by atoms with Gasteiger partial charge >= 0.3 is 0 Å². The van der Waals surface area contributed by atoms with E-state index < -0.39 is 6.10 Å². The topological polar surface area (TPSA) is 58.6 Å². The van der Waals surface area contributed by atoms with Crippen LogP contribution < -0.4 is 10.1 Å². The number of para-hydroxylation sites is 1. The molecular weight excluding hydrogens is 352 g/mol. The van der Waals surface area contributed by atoms with Crippen LogP contribution in [0.3, 0.4) is 0 Å².